The van der Waals surface area contributed by atoms with E-state index in [-0.39, 0.29) is 12.6 Å². The number of aryl methyl sites for hydroxylation is 1. The first kappa shape index (κ1) is 16.0. The fourth-order valence-electron chi connectivity index (χ4n) is 1.86. The van der Waals surface area contributed by atoms with Crippen molar-refractivity contribution >= 4 is 15.9 Å². The molecule has 1 aromatic heterocycles. The fourth-order valence-corrected chi connectivity index (χ4v) is 2.27. The lowest BCUT2D eigenvalue weighted by Crippen LogP contribution is -2.21. The molecule has 0 amide bonds. The van der Waals surface area contributed by atoms with Crippen molar-refractivity contribution in [1.29, 1.82) is 0 Å². The summed E-state index contributed by atoms with van der Waals surface area (Å²) >= 11 is 3.54. The van der Waals surface area contributed by atoms with Gasteiger partial charge in [-0.15, -0.1) is 10.2 Å². The van der Waals surface area contributed by atoms with Crippen molar-refractivity contribution in [3.63, 3.8) is 0 Å². The first-order valence-electron chi connectivity index (χ1n) is 7.10. The molecular formula is C15H20BrN3O2. The summed E-state index contributed by atoms with van der Waals surface area (Å²) in [4.78, 5) is 0. The average Bonchev–Trinajstić information content (AvgIpc) is 2.96. The molecule has 0 spiro atoms. The summed E-state index contributed by atoms with van der Waals surface area (Å²) in [7, 11) is 0. The molecule has 6 heteroatoms. The van der Waals surface area contributed by atoms with Gasteiger partial charge in [0, 0.05) is 16.9 Å². The van der Waals surface area contributed by atoms with Crippen LogP contribution in [-0.4, -0.2) is 16.2 Å². The number of aromatic nitrogens is 2. The molecule has 1 atom stereocenters. The third-order valence-corrected chi connectivity index (χ3v) is 3.97. The molecular weight excluding hydrogens is 334 g/mol. The average molecular weight is 354 g/mol. The van der Waals surface area contributed by atoms with Crippen molar-refractivity contribution in [1.82, 2.24) is 10.2 Å². The van der Waals surface area contributed by atoms with E-state index in [9.17, 15) is 0 Å². The van der Waals surface area contributed by atoms with Gasteiger partial charge in [0.1, 0.15) is 5.75 Å². The maximum atomic E-state index is 6.01. The van der Waals surface area contributed by atoms with Gasteiger partial charge in [-0.1, -0.05) is 29.8 Å². The van der Waals surface area contributed by atoms with Crippen molar-refractivity contribution in [2.75, 3.05) is 0 Å². The molecule has 114 valence electrons. The van der Waals surface area contributed by atoms with Gasteiger partial charge in [0.25, 0.3) is 5.89 Å². The van der Waals surface area contributed by atoms with Crippen molar-refractivity contribution in [3.05, 3.63) is 40.0 Å². The third kappa shape index (κ3) is 4.54. The Kier molecular flexibility index (Phi) is 5.76. The molecule has 2 aromatic rings. The number of nitrogens with zero attached hydrogens (tertiary/aromatic N) is 2. The number of nitrogens with two attached hydrogens (primary N) is 1. The van der Waals surface area contributed by atoms with Crippen molar-refractivity contribution in [3.8, 4) is 5.75 Å². The van der Waals surface area contributed by atoms with E-state index in [0.29, 0.717) is 11.8 Å². The standard InChI is InChI=1S/C15H20BrN3O2/c1-3-11(17)7-10-8-12(5-6-13(10)16)20-9-15-19-18-14(4-2)21-15/h5-6,8,11H,3-4,7,9,17H2,1-2H3. The van der Waals surface area contributed by atoms with E-state index >= 15 is 0 Å². The van der Waals surface area contributed by atoms with E-state index in [2.05, 4.69) is 33.1 Å². The van der Waals surface area contributed by atoms with Gasteiger partial charge >= 0.3 is 0 Å². The molecule has 0 aliphatic carbocycles. The highest BCUT2D eigenvalue weighted by Crippen LogP contribution is 2.24. The van der Waals surface area contributed by atoms with Gasteiger partial charge in [-0.25, -0.2) is 0 Å². The molecule has 0 saturated heterocycles. The van der Waals surface area contributed by atoms with E-state index in [1.54, 1.807) is 0 Å². The van der Waals surface area contributed by atoms with E-state index in [1.807, 2.05) is 25.1 Å². The molecule has 2 N–H and O–H groups in total. The quantitative estimate of drug-likeness (QED) is 0.826. The van der Waals surface area contributed by atoms with Gasteiger partial charge in [0.2, 0.25) is 5.89 Å². The summed E-state index contributed by atoms with van der Waals surface area (Å²) in [5.74, 6) is 1.88. The minimum atomic E-state index is 0.152. The second kappa shape index (κ2) is 7.56. The van der Waals surface area contributed by atoms with Crippen LogP contribution in [0.15, 0.2) is 27.1 Å². The van der Waals surface area contributed by atoms with Crippen LogP contribution < -0.4 is 10.5 Å². The van der Waals surface area contributed by atoms with Crippen molar-refractivity contribution in [2.45, 2.75) is 45.8 Å². The van der Waals surface area contributed by atoms with E-state index in [4.69, 9.17) is 14.9 Å². The number of rotatable bonds is 7. The van der Waals surface area contributed by atoms with Crippen LogP contribution in [0.2, 0.25) is 0 Å². The van der Waals surface area contributed by atoms with Crippen LogP contribution in [0, 0.1) is 0 Å². The molecule has 0 radical (unpaired) electrons. The SMILES string of the molecule is CCc1nnc(COc2ccc(Br)c(CC(N)CC)c2)o1. The molecule has 21 heavy (non-hydrogen) atoms. The second-order valence-electron chi connectivity index (χ2n) is 4.86. The number of hydrogen-bond acceptors (Lipinski definition) is 5. The van der Waals surface area contributed by atoms with E-state index in [0.717, 1.165) is 35.0 Å². The lowest BCUT2D eigenvalue weighted by atomic mass is 10.0. The minimum absolute atomic E-state index is 0.152. The molecule has 1 unspecified atom stereocenters. The van der Waals surface area contributed by atoms with Crippen LogP contribution in [0.1, 0.15) is 37.6 Å². The Hall–Kier alpha value is -1.40. The molecule has 2 rings (SSSR count). The summed E-state index contributed by atoms with van der Waals surface area (Å²) in [5.41, 5.74) is 7.15. The van der Waals surface area contributed by atoms with Crippen LogP contribution in [0.25, 0.3) is 0 Å². The van der Waals surface area contributed by atoms with E-state index < -0.39 is 0 Å². The maximum absolute atomic E-state index is 6.01. The molecule has 1 aromatic carbocycles. The van der Waals surface area contributed by atoms with Crippen molar-refractivity contribution < 1.29 is 9.15 Å². The predicted octanol–water partition coefficient (Wildman–Crippen LogP) is 3.25. The zero-order chi connectivity index (χ0) is 15.2. The molecule has 0 fully saturated rings. The first-order valence-corrected chi connectivity index (χ1v) is 7.89. The normalized spacial score (nSPS) is 12.4. The first-order chi connectivity index (χ1) is 10.1. The molecule has 5 nitrogen and oxygen atoms in total. The Morgan fingerprint density at radius 2 is 2.05 bits per heavy atom. The van der Waals surface area contributed by atoms with Gasteiger partial charge in [-0.05, 0) is 36.6 Å². The Labute approximate surface area is 133 Å². The van der Waals surface area contributed by atoms with Crippen LogP contribution in [0.4, 0.5) is 0 Å². The Morgan fingerprint density at radius 1 is 1.29 bits per heavy atom. The highest BCUT2D eigenvalue weighted by atomic mass is 79.9. The topological polar surface area (TPSA) is 74.2 Å². The zero-order valence-corrected chi connectivity index (χ0v) is 13.9. The van der Waals surface area contributed by atoms with Crippen molar-refractivity contribution in [2.24, 2.45) is 5.73 Å². The summed E-state index contributed by atoms with van der Waals surface area (Å²) in [6.45, 7) is 4.32. The highest BCUT2D eigenvalue weighted by molar-refractivity contribution is 9.10. The molecule has 1 heterocycles. The van der Waals surface area contributed by atoms with Crippen LogP contribution in [0.3, 0.4) is 0 Å². The molecule has 0 bridgehead atoms. The number of halogens is 1. The number of hydrogen-bond donors (Lipinski definition) is 1. The summed E-state index contributed by atoms with van der Waals surface area (Å²) in [6, 6.07) is 6.02. The summed E-state index contributed by atoms with van der Waals surface area (Å²) < 4.78 is 12.2. The van der Waals surface area contributed by atoms with Crippen LogP contribution >= 0.6 is 15.9 Å². The maximum Gasteiger partial charge on any atom is 0.253 e. The molecule has 0 aliphatic rings. The Balaban J connectivity index is 2.01. The summed E-state index contributed by atoms with van der Waals surface area (Å²) in [6.07, 6.45) is 2.48. The van der Waals surface area contributed by atoms with Gasteiger partial charge in [0.15, 0.2) is 6.61 Å². The van der Waals surface area contributed by atoms with Crippen LogP contribution in [0.5, 0.6) is 5.75 Å². The zero-order valence-electron chi connectivity index (χ0n) is 12.3. The van der Waals surface area contributed by atoms with Crippen LogP contribution in [-0.2, 0) is 19.4 Å². The highest BCUT2D eigenvalue weighted by Gasteiger charge is 2.09. The van der Waals surface area contributed by atoms with Gasteiger partial charge in [0.05, 0.1) is 0 Å². The molecule has 0 aliphatic heterocycles. The predicted molar refractivity (Wildman–Crippen MR) is 84.1 cm³/mol. The molecule has 0 saturated carbocycles. The minimum Gasteiger partial charge on any atom is -0.484 e. The Bertz CT molecular complexity index is 586. The Morgan fingerprint density at radius 3 is 2.71 bits per heavy atom. The number of ether oxygens (including phenoxy) is 1. The number of benzene rings is 1. The monoisotopic (exact) mass is 353 g/mol. The third-order valence-electron chi connectivity index (χ3n) is 3.20. The smallest absolute Gasteiger partial charge is 0.253 e. The lowest BCUT2D eigenvalue weighted by Gasteiger charge is -2.12. The summed E-state index contributed by atoms with van der Waals surface area (Å²) in [5, 5.41) is 7.84. The largest absolute Gasteiger partial charge is 0.484 e. The lowest BCUT2D eigenvalue weighted by molar-refractivity contribution is 0.259. The van der Waals surface area contributed by atoms with E-state index in [1.165, 1.54) is 0 Å². The van der Waals surface area contributed by atoms with Gasteiger partial charge < -0.3 is 14.9 Å². The second-order valence-corrected chi connectivity index (χ2v) is 5.71. The van der Waals surface area contributed by atoms with Gasteiger partial charge in [-0.3, -0.25) is 0 Å². The fraction of sp³-hybridized carbons (Fsp3) is 0.467. The van der Waals surface area contributed by atoms with Gasteiger partial charge in [-0.2, -0.15) is 0 Å².